The van der Waals surface area contributed by atoms with Crippen molar-refractivity contribution in [2.45, 2.75) is 6.10 Å². The molecule has 0 saturated carbocycles. The van der Waals surface area contributed by atoms with E-state index >= 15 is 0 Å². The van der Waals surface area contributed by atoms with Gasteiger partial charge in [0.1, 0.15) is 23.9 Å². The van der Waals surface area contributed by atoms with Crippen LogP contribution in [0.25, 0.3) is 11.0 Å². The van der Waals surface area contributed by atoms with Gasteiger partial charge in [-0.1, -0.05) is 12.1 Å². The molecule has 0 aliphatic heterocycles. The first kappa shape index (κ1) is 13.2. The van der Waals surface area contributed by atoms with Gasteiger partial charge >= 0.3 is 0 Å². The van der Waals surface area contributed by atoms with Crippen LogP contribution in [0.5, 0.6) is 0 Å². The van der Waals surface area contributed by atoms with Crippen LogP contribution in [0, 0.1) is 5.82 Å². The molecule has 0 fully saturated rings. The summed E-state index contributed by atoms with van der Waals surface area (Å²) < 4.78 is 14.3. The number of aromatic amines is 1. The zero-order chi connectivity index (χ0) is 15.0. The molecule has 0 spiro atoms. The van der Waals surface area contributed by atoms with E-state index in [2.05, 4.69) is 15.0 Å². The number of carbonyl (C=O) groups is 1. The Labute approximate surface area is 118 Å². The largest absolute Gasteiger partial charge is 0.383 e. The predicted molar refractivity (Wildman–Crippen MR) is 72.9 cm³/mol. The molecule has 1 unspecified atom stereocenters. The van der Waals surface area contributed by atoms with Crippen molar-refractivity contribution in [2.75, 3.05) is 0 Å². The van der Waals surface area contributed by atoms with E-state index in [9.17, 15) is 14.3 Å². The number of hydrogen-bond donors (Lipinski definition) is 3. The van der Waals surface area contributed by atoms with Crippen LogP contribution in [0.2, 0.25) is 0 Å². The molecule has 2 aromatic heterocycles. The van der Waals surface area contributed by atoms with Gasteiger partial charge in [-0.05, 0) is 6.07 Å². The fourth-order valence-corrected chi connectivity index (χ4v) is 2.22. The second-order valence-corrected chi connectivity index (χ2v) is 4.50. The number of aromatic nitrogens is 3. The summed E-state index contributed by atoms with van der Waals surface area (Å²) in [7, 11) is 0. The highest BCUT2D eigenvalue weighted by Gasteiger charge is 2.22. The molecular formula is C14H11FN4O2. The molecule has 2 heterocycles. The Morgan fingerprint density at radius 1 is 1.38 bits per heavy atom. The Morgan fingerprint density at radius 3 is 2.95 bits per heavy atom. The van der Waals surface area contributed by atoms with Crippen molar-refractivity contribution in [3.63, 3.8) is 0 Å². The van der Waals surface area contributed by atoms with Gasteiger partial charge in [0.25, 0.3) is 5.91 Å². The summed E-state index contributed by atoms with van der Waals surface area (Å²) in [4.78, 5) is 21.9. The van der Waals surface area contributed by atoms with Crippen LogP contribution in [0.1, 0.15) is 27.6 Å². The van der Waals surface area contributed by atoms with Crippen molar-refractivity contribution in [1.29, 1.82) is 0 Å². The zero-order valence-electron chi connectivity index (χ0n) is 10.7. The molecule has 0 radical (unpaired) electrons. The number of amides is 1. The first-order valence-electron chi connectivity index (χ1n) is 6.13. The summed E-state index contributed by atoms with van der Waals surface area (Å²) in [6, 6.07) is 4.13. The monoisotopic (exact) mass is 286 g/mol. The predicted octanol–water partition coefficient (Wildman–Crippen LogP) is 1.28. The molecule has 7 heteroatoms. The summed E-state index contributed by atoms with van der Waals surface area (Å²) >= 11 is 0. The van der Waals surface area contributed by atoms with Crippen molar-refractivity contribution in [2.24, 2.45) is 5.73 Å². The molecular weight excluding hydrogens is 275 g/mol. The Hall–Kier alpha value is -2.80. The van der Waals surface area contributed by atoms with Crippen LogP contribution in [0.15, 0.2) is 36.9 Å². The molecule has 0 bridgehead atoms. The summed E-state index contributed by atoms with van der Waals surface area (Å²) in [6.45, 7) is 0. The molecule has 0 saturated heterocycles. The molecule has 0 aliphatic rings. The molecule has 21 heavy (non-hydrogen) atoms. The number of hydrogen-bond acceptors (Lipinski definition) is 4. The van der Waals surface area contributed by atoms with E-state index in [-0.39, 0.29) is 11.1 Å². The van der Waals surface area contributed by atoms with Crippen LogP contribution in [-0.2, 0) is 0 Å². The van der Waals surface area contributed by atoms with E-state index in [1.807, 2.05) is 0 Å². The standard InChI is InChI=1S/C14H11FN4O2/c15-11-7(2-1-3-8(11)13(16)21)12(20)9-5-18-14-10(9)4-17-6-19-14/h1-6,12,20H,(H2,16,21)(H,17,18,19). The fraction of sp³-hybridized carbons (Fsp3) is 0.0714. The summed E-state index contributed by atoms with van der Waals surface area (Å²) in [5.41, 5.74) is 5.77. The number of benzene rings is 1. The van der Waals surface area contributed by atoms with Crippen molar-refractivity contribution >= 4 is 16.9 Å². The lowest BCUT2D eigenvalue weighted by atomic mass is 9.99. The van der Waals surface area contributed by atoms with Crippen LogP contribution >= 0.6 is 0 Å². The minimum atomic E-state index is -1.26. The topological polar surface area (TPSA) is 105 Å². The SMILES string of the molecule is NC(=O)c1cccc(C(O)c2c[nH]c3ncncc23)c1F. The maximum Gasteiger partial charge on any atom is 0.251 e. The smallest absolute Gasteiger partial charge is 0.251 e. The zero-order valence-corrected chi connectivity index (χ0v) is 10.7. The minimum absolute atomic E-state index is 0.0314. The quantitative estimate of drug-likeness (QED) is 0.674. The van der Waals surface area contributed by atoms with Gasteiger partial charge in [0.05, 0.1) is 5.56 Å². The number of aliphatic hydroxyl groups is 1. The minimum Gasteiger partial charge on any atom is -0.383 e. The Bertz CT molecular complexity index is 831. The third-order valence-corrected chi connectivity index (χ3v) is 3.27. The van der Waals surface area contributed by atoms with Crippen molar-refractivity contribution < 1.29 is 14.3 Å². The van der Waals surface area contributed by atoms with Gasteiger partial charge in [0, 0.05) is 28.9 Å². The molecule has 0 aliphatic carbocycles. The number of H-pyrrole nitrogens is 1. The molecule has 1 atom stereocenters. The highest BCUT2D eigenvalue weighted by molar-refractivity contribution is 5.93. The van der Waals surface area contributed by atoms with Crippen molar-refractivity contribution in [1.82, 2.24) is 15.0 Å². The van der Waals surface area contributed by atoms with Crippen molar-refractivity contribution in [3.05, 3.63) is 59.4 Å². The van der Waals surface area contributed by atoms with Crippen LogP contribution < -0.4 is 5.73 Å². The number of carbonyl (C=O) groups excluding carboxylic acids is 1. The summed E-state index contributed by atoms with van der Waals surface area (Å²) in [5.74, 6) is -1.72. The van der Waals surface area contributed by atoms with Gasteiger partial charge in [-0.15, -0.1) is 0 Å². The molecule has 3 rings (SSSR count). The lowest BCUT2D eigenvalue weighted by Crippen LogP contribution is -2.15. The molecule has 1 amide bonds. The van der Waals surface area contributed by atoms with Crippen LogP contribution in [0.3, 0.4) is 0 Å². The second kappa shape index (κ2) is 4.95. The van der Waals surface area contributed by atoms with E-state index in [1.165, 1.54) is 36.9 Å². The number of nitrogens with one attached hydrogen (secondary N) is 1. The maximum atomic E-state index is 14.3. The van der Waals surface area contributed by atoms with Crippen LogP contribution in [0.4, 0.5) is 4.39 Å². The van der Waals surface area contributed by atoms with E-state index in [4.69, 9.17) is 5.73 Å². The van der Waals surface area contributed by atoms with Gasteiger partial charge in [-0.2, -0.15) is 0 Å². The van der Waals surface area contributed by atoms with E-state index in [1.54, 1.807) is 0 Å². The van der Waals surface area contributed by atoms with Gasteiger partial charge in [0.15, 0.2) is 0 Å². The number of rotatable bonds is 3. The number of primary amides is 1. The summed E-state index contributed by atoms with van der Waals surface area (Å²) in [6.07, 6.45) is 3.15. The molecule has 106 valence electrons. The first-order valence-corrected chi connectivity index (χ1v) is 6.13. The summed E-state index contributed by atoms with van der Waals surface area (Å²) in [5, 5.41) is 11.0. The van der Waals surface area contributed by atoms with Crippen molar-refractivity contribution in [3.8, 4) is 0 Å². The maximum absolute atomic E-state index is 14.3. The van der Waals surface area contributed by atoms with Gasteiger partial charge in [-0.25, -0.2) is 14.4 Å². The molecule has 3 aromatic rings. The lowest BCUT2D eigenvalue weighted by Gasteiger charge is -2.12. The number of fused-ring (bicyclic) bond motifs is 1. The Morgan fingerprint density at radius 2 is 2.19 bits per heavy atom. The lowest BCUT2D eigenvalue weighted by molar-refractivity contribution is 0.0996. The Kier molecular flexibility index (Phi) is 3.11. The average Bonchev–Trinajstić information content (AvgIpc) is 2.90. The highest BCUT2D eigenvalue weighted by atomic mass is 19.1. The number of aliphatic hydroxyl groups excluding tert-OH is 1. The van der Waals surface area contributed by atoms with E-state index in [0.29, 0.717) is 16.6 Å². The third kappa shape index (κ3) is 2.13. The molecule has 6 nitrogen and oxygen atoms in total. The number of nitrogens with two attached hydrogens (primary N) is 1. The van der Waals surface area contributed by atoms with Crippen LogP contribution in [-0.4, -0.2) is 26.0 Å². The third-order valence-electron chi connectivity index (χ3n) is 3.27. The number of nitrogens with zero attached hydrogens (tertiary/aromatic N) is 2. The normalized spacial score (nSPS) is 12.5. The van der Waals surface area contributed by atoms with Gasteiger partial charge in [-0.3, -0.25) is 4.79 Å². The van der Waals surface area contributed by atoms with E-state index < -0.39 is 17.8 Å². The Balaban J connectivity index is 2.12. The second-order valence-electron chi connectivity index (χ2n) is 4.50. The fourth-order valence-electron chi connectivity index (χ4n) is 2.22. The van der Waals surface area contributed by atoms with Gasteiger partial charge in [0.2, 0.25) is 0 Å². The molecule has 1 aromatic carbocycles. The van der Waals surface area contributed by atoms with Gasteiger partial charge < -0.3 is 15.8 Å². The first-order chi connectivity index (χ1) is 10.1. The average molecular weight is 286 g/mol. The molecule has 4 N–H and O–H groups in total. The number of halogens is 1. The highest BCUT2D eigenvalue weighted by Crippen LogP contribution is 2.30. The van der Waals surface area contributed by atoms with E-state index in [0.717, 1.165) is 0 Å².